The Morgan fingerprint density at radius 3 is 2.75 bits per heavy atom. The van der Waals surface area contributed by atoms with Gasteiger partial charge in [-0.3, -0.25) is 4.79 Å². The molecule has 6 heteroatoms. The number of amides is 1. The number of carbonyl (C=O) groups is 1. The number of rotatable bonds is 8. The summed E-state index contributed by atoms with van der Waals surface area (Å²) in [6.45, 7) is 6.52. The third-order valence-electron chi connectivity index (χ3n) is 3.88. The van der Waals surface area contributed by atoms with E-state index in [2.05, 4.69) is 38.4 Å². The number of nitrogens with zero attached hydrogens (tertiary/aromatic N) is 1. The van der Waals surface area contributed by atoms with E-state index in [1.54, 1.807) is 12.3 Å². The van der Waals surface area contributed by atoms with Crippen LogP contribution in [0.15, 0.2) is 39.9 Å². The molecule has 2 aromatic rings. The van der Waals surface area contributed by atoms with E-state index in [1.807, 2.05) is 39.0 Å². The van der Waals surface area contributed by atoms with Gasteiger partial charge in [-0.25, -0.2) is 5.43 Å². The first-order valence-corrected chi connectivity index (χ1v) is 9.64. The Labute approximate surface area is 174 Å². The second-order valence-corrected chi connectivity index (χ2v) is 7.01. The van der Waals surface area contributed by atoms with Gasteiger partial charge in [0.2, 0.25) is 5.91 Å². The predicted molar refractivity (Wildman–Crippen MR) is 115 cm³/mol. The van der Waals surface area contributed by atoms with Crippen LogP contribution in [0.1, 0.15) is 29.2 Å². The SMILES string of the molecule is C#CCOc1c(Br)cc(/C=N\NC(=O)Cc2ccc(C)cc2C)cc1OCC. The van der Waals surface area contributed by atoms with Crippen LogP contribution in [-0.2, 0) is 11.2 Å². The minimum atomic E-state index is -0.179. The second-order valence-electron chi connectivity index (χ2n) is 6.16. The summed E-state index contributed by atoms with van der Waals surface area (Å²) in [6.07, 6.45) is 7.08. The molecule has 1 amide bonds. The van der Waals surface area contributed by atoms with Gasteiger partial charge in [-0.1, -0.05) is 29.7 Å². The minimum Gasteiger partial charge on any atom is -0.490 e. The standard InChI is InChI=1S/C22H23BrN2O3/c1-5-9-28-22-19(23)11-17(12-20(22)27-6-2)14-24-25-21(26)13-18-8-7-15(3)10-16(18)4/h1,7-8,10-12,14H,6,9,13H2,2-4H3,(H,25,26)/b24-14-. The highest BCUT2D eigenvalue weighted by Crippen LogP contribution is 2.36. The monoisotopic (exact) mass is 442 g/mol. The van der Waals surface area contributed by atoms with Crippen LogP contribution in [0, 0.1) is 26.2 Å². The molecule has 0 saturated heterocycles. The lowest BCUT2D eigenvalue weighted by molar-refractivity contribution is -0.120. The number of nitrogens with one attached hydrogen (secondary N) is 1. The zero-order valence-electron chi connectivity index (χ0n) is 16.2. The number of ether oxygens (including phenoxy) is 2. The van der Waals surface area contributed by atoms with Crippen LogP contribution in [0.4, 0.5) is 0 Å². The summed E-state index contributed by atoms with van der Waals surface area (Å²) in [7, 11) is 0. The van der Waals surface area contributed by atoms with Crippen molar-refractivity contribution in [3.63, 3.8) is 0 Å². The fourth-order valence-electron chi connectivity index (χ4n) is 2.61. The molecular weight excluding hydrogens is 420 g/mol. The van der Waals surface area contributed by atoms with Crippen molar-refractivity contribution in [1.82, 2.24) is 5.43 Å². The van der Waals surface area contributed by atoms with Crippen molar-refractivity contribution < 1.29 is 14.3 Å². The van der Waals surface area contributed by atoms with E-state index in [0.29, 0.717) is 22.6 Å². The third kappa shape index (κ3) is 6.14. The van der Waals surface area contributed by atoms with Crippen molar-refractivity contribution in [3.8, 4) is 23.8 Å². The van der Waals surface area contributed by atoms with Crippen LogP contribution >= 0.6 is 15.9 Å². The highest BCUT2D eigenvalue weighted by Gasteiger charge is 2.11. The number of aryl methyl sites for hydroxylation is 2. The zero-order chi connectivity index (χ0) is 20.5. The summed E-state index contributed by atoms with van der Waals surface area (Å²) in [6, 6.07) is 9.61. The highest BCUT2D eigenvalue weighted by atomic mass is 79.9. The van der Waals surface area contributed by atoms with E-state index < -0.39 is 0 Å². The van der Waals surface area contributed by atoms with Gasteiger partial charge >= 0.3 is 0 Å². The Bertz CT molecular complexity index is 917. The fourth-order valence-corrected chi connectivity index (χ4v) is 3.19. The molecule has 0 bridgehead atoms. The van der Waals surface area contributed by atoms with Crippen molar-refractivity contribution in [1.29, 1.82) is 0 Å². The van der Waals surface area contributed by atoms with Crippen molar-refractivity contribution in [2.45, 2.75) is 27.2 Å². The second kappa shape index (κ2) is 10.5. The molecule has 0 saturated carbocycles. The van der Waals surface area contributed by atoms with E-state index in [0.717, 1.165) is 16.7 Å². The molecular formula is C22H23BrN2O3. The number of hydrogen-bond acceptors (Lipinski definition) is 4. The molecule has 0 aliphatic rings. The first kappa shape index (κ1) is 21.5. The molecule has 0 heterocycles. The molecule has 0 radical (unpaired) electrons. The molecule has 2 aromatic carbocycles. The Hall–Kier alpha value is -2.78. The predicted octanol–water partition coefficient (Wildman–Crippen LogP) is 4.17. The molecule has 1 N–H and O–H groups in total. The molecule has 0 aliphatic heterocycles. The van der Waals surface area contributed by atoms with Crippen molar-refractivity contribution in [3.05, 3.63) is 57.1 Å². The lowest BCUT2D eigenvalue weighted by Crippen LogP contribution is -2.20. The molecule has 0 spiro atoms. The first-order valence-electron chi connectivity index (χ1n) is 8.85. The lowest BCUT2D eigenvalue weighted by atomic mass is 10.0. The summed E-state index contributed by atoms with van der Waals surface area (Å²) in [5.41, 5.74) is 6.55. The lowest BCUT2D eigenvalue weighted by Gasteiger charge is -2.13. The van der Waals surface area contributed by atoms with Crippen LogP contribution in [-0.4, -0.2) is 25.3 Å². The molecule has 5 nitrogen and oxygen atoms in total. The van der Waals surface area contributed by atoms with Gasteiger partial charge in [-0.05, 0) is 65.5 Å². The number of halogens is 1. The quantitative estimate of drug-likeness (QED) is 0.379. The van der Waals surface area contributed by atoms with Gasteiger partial charge in [0.1, 0.15) is 6.61 Å². The Morgan fingerprint density at radius 1 is 1.29 bits per heavy atom. The zero-order valence-corrected chi connectivity index (χ0v) is 17.8. The van der Waals surface area contributed by atoms with Gasteiger partial charge in [-0.2, -0.15) is 5.10 Å². The average molecular weight is 443 g/mol. The Morgan fingerprint density at radius 2 is 2.07 bits per heavy atom. The van der Waals surface area contributed by atoms with Crippen molar-refractivity contribution in [2.24, 2.45) is 5.10 Å². The summed E-state index contributed by atoms with van der Waals surface area (Å²) >= 11 is 3.45. The maximum atomic E-state index is 12.2. The Balaban J connectivity index is 2.06. The molecule has 0 atom stereocenters. The maximum Gasteiger partial charge on any atom is 0.244 e. The summed E-state index contributed by atoms with van der Waals surface area (Å²) in [4.78, 5) is 12.2. The van der Waals surface area contributed by atoms with Gasteiger partial charge < -0.3 is 9.47 Å². The van der Waals surface area contributed by atoms with Gasteiger partial charge in [0.05, 0.1) is 23.7 Å². The maximum absolute atomic E-state index is 12.2. The normalized spacial score (nSPS) is 10.5. The van der Waals surface area contributed by atoms with Crippen molar-refractivity contribution >= 4 is 28.1 Å². The summed E-state index contributed by atoms with van der Waals surface area (Å²) < 4.78 is 11.8. The van der Waals surface area contributed by atoms with Crippen molar-refractivity contribution in [2.75, 3.05) is 13.2 Å². The van der Waals surface area contributed by atoms with Crippen LogP contribution in [0.25, 0.3) is 0 Å². The van der Waals surface area contributed by atoms with Crippen LogP contribution in [0.5, 0.6) is 11.5 Å². The minimum absolute atomic E-state index is 0.139. The number of terminal acetylenes is 1. The van der Waals surface area contributed by atoms with Gasteiger partial charge in [0, 0.05) is 0 Å². The van der Waals surface area contributed by atoms with Crippen LogP contribution in [0.2, 0.25) is 0 Å². The third-order valence-corrected chi connectivity index (χ3v) is 4.47. The van der Waals surface area contributed by atoms with Crippen LogP contribution < -0.4 is 14.9 Å². The molecule has 0 fully saturated rings. The average Bonchev–Trinajstić information content (AvgIpc) is 2.64. The molecule has 28 heavy (non-hydrogen) atoms. The number of carbonyl (C=O) groups excluding carboxylic acids is 1. The molecule has 0 aliphatic carbocycles. The number of benzene rings is 2. The fraction of sp³-hybridized carbons (Fsp3) is 0.273. The van der Waals surface area contributed by atoms with E-state index in [1.165, 1.54) is 5.56 Å². The molecule has 146 valence electrons. The van der Waals surface area contributed by atoms with E-state index in [9.17, 15) is 4.79 Å². The molecule has 2 rings (SSSR count). The van der Waals surface area contributed by atoms with Gasteiger partial charge in [0.15, 0.2) is 11.5 Å². The largest absolute Gasteiger partial charge is 0.490 e. The number of hydrogen-bond donors (Lipinski definition) is 1. The molecule has 0 aromatic heterocycles. The smallest absolute Gasteiger partial charge is 0.244 e. The first-order chi connectivity index (χ1) is 13.4. The van der Waals surface area contributed by atoms with E-state index in [4.69, 9.17) is 15.9 Å². The highest BCUT2D eigenvalue weighted by molar-refractivity contribution is 9.10. The van der Waals surface area contributed by atoms with E-state index in [-0.39, 0.29) is 18.9 Å². The van der Waals surface area contributed by atoms with E-state index >= 15 is 0 Å². The van der Waals surface area contributed by atoms with Crippen LogP contribution in [0.3, 0.4) is 0 Å². The number of hydrazone groups is 1. The van der Waals surface area contributed by atoms with Gasteiger partial charge in [-0.15, -0.1) is 6.42 Å². The Kier molecular flexibility index (Phi) is 8.09. The summed E-state index contributed by atoms with van der Waals surface area (Å²) in [5, 5.41) is 4.05. The van der Waals surface area contributed by atoms with Gasteiger partial charge in [0.25, 0.3) is 0 Å². The summed E-state index contributed by atoms with van der Waals surface area (Å²) in [5.74, 6) is 3.34. The molecule has 0 unspecified atom stereocenters. The topological polar surface area (TPSA) is 59.9 Å².